The van der Waals surface area contributed by atoms with Crippen LogP contribution in [0.3, 0.4) is 0 Å². The van der Waals surface area contributed by atoms with Crippen LogP contribution in [-0.4, -0.2) is 20.8 Å². The number of nitrogens with zero attached hydrogens (tertiary/aromatic N) is 3. The minimum Gasteiger partial charge on any atom is -0.457 e. The van der Waals surface area contributed by atoms with Crippen molar-refractivity contribution in [2.75, 3.05) is 0 Å². The molecule has 0 saturated carbocycles. The third kappa shape index (κ3) is 3.60. The number of carbonyl (C=O) groups excluding carboxylic acids is 1. The molecule has 1 heterocycles. The molecule has 0 bridgehead atoms. The number of pyridine rings is 1. The van der Waals surface area contributed by atoms with Gasteiger partial charge in [0.15, 0.2) is 0 Å². The molecule has 2 aromatic rings. The lowest BCUT2D eigenvalue weighted by Crippen LogP contribution is -2.06. The second kappa shape index (κ2) is 6.39. The molecule has 0 unspecified atom stereocenters. The minimum absolute atomic E-state index is 0.151. The van der Waals surface area contributed by atoms with E-state index < -0.39 is 27.2 Å². The fourth-order valence-electron chi connectivity index (χ4n) is 1.67. The van der Waals surface area contributed by atoms with Crippen molar-refractivity contribution in [1.29, 1.82) is 0 Å². The quantitative estimate of drug-likeness (QED) is 0.471. The van der Waals surface area contributed by atoms with Crippen LogP contribution in [0.2, 0.25) is 0 Å². The summed E-state index contributed by atoms with van der Waals surface area (Å²) in [4.78, 5) is 35.5. The fourth-order valence-corrected chi connectivity index (χ4v) is 1.67. The molecule has 0 spiro atoms. The highest BCUT2D eigenvalue weighted by molar-refractivity contribution is 5.88. The molecule has 2 rings (SSSR count). The summed E-state index contributed by atoms with van der Waals surface area (Å²) < 4.78 is 4.96. The number of nitro groups is 2. The van der Waals surface area contributed by atoms with E-state index in [1.807, 2.05) is 0 Å². The van der Waals surface area contributed by atoms with Crippen LogP contribution in [0.5, 0.6) is 0 Å². The van der Waals surface area contributed by atoms with Gasteiger partial charge in [-0.2, -0.15) is 0 Å². The lowest BCUT2D eigenvalue weighted by atomic mass is 10.2. The normalized spacial score (nSPS) is 10.0. The van der Waals surface area contributed by atoms with Crippen molar-refractivity contribution in [1.82, 2.24) is 4.98 Å². The van der Waals surface area contributed by atoms with E-state index in [9.17, 15) is 25.0 Å². The molecular weight excluding hydrogens is 294 g/mol. The number of aromatic nitrogens is 1. The summed E-state index contributed by atoms with van der Waals surface area (Å²) in [5.41, 5.74) is -0.524. The van der Waals surface area contributed by atoms with Gasteiger partial charge in [-0.15, -0.1) is 0 Å². The van der Waals surface area contributed by atoms with Crippen LogP contribution in [-0.2, 0) is 11.3 Å². The number of hydrogen-bond acceptors (Lipinski definition) is 7. The number of esters is 1. The van der Waals surface area contributed by atoms with E-state index in [1.165, 1.54) is 18.5 Å². The predicted octanol–water partition coefficient (Wildman–Crippen LogP) is 2.25. The Hall–Kier alpha value is -3.36. The van der Waals surface area contributed by atoms with Gasteiger partial charge in [0.2, 0.25) is 0 Å². The van der Waals surface area contributed by atoms with Crippen LogP contribution in [0.4, 0.5) is 11.4 Å². The first-order valence-electron chi connectivity index (χ1n) is 5.97. The summed E-state index contributed by atoms with van der Waals surface area (Å²) in [7, 11) is 0. The maximum absolute atomic E-state index is 11.7. The summed E-state index contributed by atoms with van der Waals surface area (Å²) in [6.07, 6.45) is 2.79. The van der Waals surface area contributed by atoms with Gasteiger partial charge < -0.3 is 4.74 Å². The molecule has 0 aliphatic carbocycles. The van der Waals surface area contributed by atoms with Gasteiger partial charge in [-0.05, 0) is 12.1 Å². The van der Waals surface area contributed by atoms with E-state index in [4.69, 9.17) is 4.74 Å². The van der Waals surface area contributed by atoms with Crippen molar-refractivity contribution in [3.63, 3.8) is 0 Å². The monoisotopic (exact) mass is 303 g/mol. The summed E-state index contributed by atoms with van der Waals surface area (Å²) in [5, 5.41) is 21.5. The Morgan fingerprint density at radius 3 is 2.27 bits per heavy atom. The van der Waals surface area contributed by atoms with Crippen LogP contribution in [0.15, 0.2) is 42.7 Å². The van der Waals surface area contributed by atoms with Gasteiger partial charge in [-0.3, -0.25) is 25.2 Å². The standard InChI is InChI=1S/C13H9N3O6/c17-13(10-2-1-3-14-7-10)22-8-9-4-11(15(18)19)6-12(5-9)16(20)21/h1-7H,8H2. The van der Waals surface area contributed by atoms with E-state index in [0.717, 1.165) is 18.2 Å². The Labute approximate surface area is 123 Å². The van der Waals surface area contributed by atoms with Gasteiger partial charge in [0, 0.05) is 30.1 Å². The number of carbonyl (C=O) groups is 1. The molecule has 0 aliphatic rings. The zero-order valence-electron chi connectivity index (χ0n) is 11.0. The van der Waals surface area contributed by atoms with Gasteiger partial charge in [0.25, 0.3) is 11.4 Å². The number of non-ortho nitro benzene ring substituents is 2. The molecule has 0 atom stereocenters. The molecule has 1 aromatic carbocycles. The number of rotatable bonds is 5. The van der Waals surface area contributed by atoms with E-state index in [0.29, 0.717) is 0 Å². The first-order valence-corrected chi connectivity index (χ1v) is 5.97. The highest BCUT2D eigenvalue weighted by Crippen LogP contribution is 2.23. The second-order valence-electron chi connectivity index (χ2n) is 4.19. The molecule has 9 nitrogen and oxygen atoms in total. The number of ether oxygens (including phenoxy) is 1. The van der Waals surface area contributed by atoms with Crippen LogP contribution in [0.25, 0.3) is 0 Å². The van der Waals surface area contributed by atoms with Crippen molar-refractivity contribution in [3.05, 3.63) is 74.1 Å². The maximum atomic E-state index is 11.7. The summed E-state index contributed by atoms with van der Waals surface area (Å²) >= 11 is 0. The summed E-state index contributed by atoms with van der Waals surface area (Å²) in [6.45, 7) is -0.323. The molecule has 0 N–H and O–H groups in total. The van der Waals surface area contributed by atoms with E-state index in [2.05, 4.69) is 4.98 Å². The molecular formula is C13H9N3O6. The molecule has 1 aromatic heterocycles. The van der Waals surface area contributed by atoms with Crippen LogP contribution in [0.1, 0.15) is 15.9 Å². The first kappa shape index (κ1) is 15.0. The van der Waals surface area contributed by atoms with Gasteiger partial charge in [-0.1, -0.05) is 0 Å². The molecule has 0 aliphatic heterocycles. The summed E-state index contributed by atoms with van der Waals surface area (Å²) in [6, 6.07) is 6.11. The van der Waals surface area contributed by atoms with Gasteiger partial charge in [-0.25, -0.2) is 4.79 Å². The topological polar surface area (TPSA) is 125 Å². The Morgan fingerprint density at radius 1 is 1.14 bits per heavy atom. The van der Waals surface area contributed by atoms with E-state index >= 15 is 0 Å². The summed E-state index contributed by atoms with van der Waals surface area (Å²) in [5.74, 6) is -0.678. The predicted molar refractivity (Wildman–Crippen MR) is 73.1 cm³/mol. The third-order valence-corrected chi connectivity index (χ3v) is 2.65. The Morgan fingerprint density at radius 2 is 1.77 bits per heavy atom. The lowest BCUT2D eigenvalue weighted by Gasteiger charge is -2.05. The molecule has 0 fully saturated rings. The smallest absolute Gasteiger partial charge is 0.340 e. The first-order chi connectivity index (χ1) is 10.5. The second-order valence-corrected chi connectivity index (χ2v) is 4.19. The maximum Gasteiger partial charge on any atom is 0.340 e. The third-order valence-electron chi connectivity index (χ3n) is 2.65. The minimum atomic E-state index is -0.751. The number of hydrogen-bond donors (Lipinski definition) is 0. The Balaban J connectivity index is 2.17. The van der Waals surface area contributed by atoms with Crippen molar-refractivity contribution in [2.45, 2.75) is 6.61 Å². The van der Waals surface area contributed by atoms with E-state index in [-0.39, 0.29) is 17.7 Å². The van der Waals surface area contributed by atoms with Gasteiger partial charge >= 0.3 is 5.97 Å². The van der Waals surface area contributed by atoms with E-state index in [1.54, 1.807) is 6.07 Å². The van der Waals surface area contributed by atoms with Crippen molar-refractivity contribution in [3.8, 4) is 0 Å². The zero-order chi connectivity index (χ0) is 16.1. The Bertz CT molecular complexity index is 700. The fraction of sp³-hybridized carbons (Fsp3) is 0.0769. The lowest BCUT2D eigenvalue weighted by molar-refractivity contribution is -0.394. The highest BCUT2D eigenvalue weighted by atomic mass is 16.6. The molecule has 0 amide bonds. The SMILES string of the molecule is O=C(OCc1cc([N+](=O)[O-])cc([N+](=O)[O-])c1)c1cccnc1. The average molecular weight is 303 g/mol. The van der Waals surface area contributed by atoms with Gasteiger partial charge in [0.1, 0.15) is 6.61 Å². The van der Waals surface area contributed by atoms with Crippen LogP contribution >= 0.6 is 0 Å². The van der Waals surface area contributed by atoms with Crippen LogP contribution in [0, 0.1) is 20.2 Å². The largest absolute Gasteiger partial charge is 0.457 e. The van der Waals surface area contributed by atoms with Crippen molar-refractivity contribution < 1.29 is 19.4 Å². The van der Waals surface area contributed by atoms with Crippen molar-refractivity contribution >= 4 is 17.3 Å². The molecule has 0 radical (unpaired) electrons. The number of benzene rings is 1. The molecule has 112 valence electrons. The van der Waals surface area contributed by atoms with Crippen molar-refractivity contribution in [2.24, 2.45) is 0 Å². The number of nitro benzene ring substituents is 2. The molecule has 22 heavy (non-hydrogen) atoms. The molecule has 9 heteroatoms. The molecule has 0 saturated heterocycles. The van der Waals surface area contributed by atoms with Gasteiger partial charge in [0.05, 0.1) is 21.5 Å². The highest BCUT2D eigenvalue weighted by Gasteiger charge is 2.17. The Kier molecular flexibility index (Phi) is 4.37. The zero-order valence-corrected chi connectivity index (χ0v) is 11.0. The average Bonchev–Trinajstić information content (AvgIpc) is 2.53. The van der Waals surface area contributed by atoms with Crippen LogP contribution < -0.4 is 0 Å².